The SMILES string of the molecule is C=C(C(=O)OCCC)C(CO)(CO)CO. The lowest BCUT2D eigenvalue weighted by Crippen LogP contribution is -2.39. The van der Waals surface area contributed by atoms with Crippen LogP contribution in [0.5, 0.6) is 0 Å². The summed E-state index contributed by atoms with van der Waals surface area (Å²) >= 11 is 0. The second-order valence-corrected chi connectivity index (χ2v) is 3.37. The van der Waals surface area contributed by atoms with Gasteiger partial charge in [-0.05, 0) is 6.42 Å². The third-order valence-electron chi connectivity index (χ3n) is 2.23. The first-order chi connectivity index (χ1) is 7.07. The number of carbonyl (C=O) groups is 1. The maximum atomic E-state index is 11.4. The molecule has 0 fully saturated rings. The van der Waals surface area contributed by atoms with Crippen molar-refractivity contribution in [1.29, 1.82) is 0 Å². The highest BCUT2D eigenvalue weighted by molar-refractivity contribution is 5.89. The molecule has 0 aromatic heterocycles. The van der Waals surface area contributed by atoms with E-state index in [0.717, 1.165) is 0 Å². The Morgan fingerprint density at radius 3 is 2.07 bits per heavy atom. The number of ether oxygens (including phenoxy) is 1. The van der Waals surface area contributed by atoms with Crippen molar-refractivity contribution in [1.82, 2.24) is 0 Å². The molecule has 0 amide bonds. The fraction of sp³-hybridized carbons (Fsp3) is 0.700. The van der Waals surface area contributed by atoms with Crippen molar-refractivity contribution in [3.05, 3.63) is 12.2 Å². The molecule has 0 heterocycles. The summed E-state index contributed by atoms with van der Waals surface area (Å²) in [4.78, 5) is 11.4. The normalized spacial score (nSPS) is 11.2. The molecule has 5 heteroatoms. The Bertz CT molecular complexity index is 212. The minimum Gasteiger partial charge on any atom is -0.462 e. The van der Waals surface area contributed by atoms with Crippen LogP contribution in [0.4, 0.5) is 0 Å². The third-order valence-corrected chi connectivity index (χ3v) is 2.23. The van der Waals surface area contributed by atoms with E-state index in [9.17, 15) is 4.79 Å². The molecule has 5 nitrogen and oxygen atoms in total. The molecule has 3 N–H and O–H groups in total. The molecule has 15 heavy (non-hydrogen) atoms. The molecular weight excluding hydrogens is 200 g/mol. The molecule has 0 spiro atoms. The monoisotopic (exact) mass is 218 g/mol. The smallest absolute Gasteiger partial charge is 0.334 e. The fourth-order valence-electron chi connectivity index (χ4n) is 0.935. The van der Waals surface area contributed by atoms with E-state index in [1.165, 1.54) is 0 Å². The van der Waals surface area contributed by atoms with E-state index in [2.05, 4.69) is 6.58 Å². The first kappa shape index (κ1) is 14.1. The maximum absolute atomic E-state index is 11.4. The highest BCUT2D eigenvalue weighted by Crippen LogP contribution is 2.25. The molecule has 0 saturated carbocycles. The van der Waals surface area contributed by atoms with E-state index in [-0.39, 0.29) is 12.2 Å². The van der Waals surface area contributed by atoms with Crippen LogP contribution < -0.4 is 0 Å². The molecule has 0 aromatic rings. The molecule has 0 bridgehead atoms. The van der Waals surface area contributed by atoms with Gasteiger partial charge in [0.2, 0.25) is 0 Å². The van der Waals surface area contributed by atoms with Gasteiger partial charge in [0.15, 0.2) is 0 Å². The van der Waals surface area contributed by atoms with Crippen molar-refractivity contribution in [2.45, 2.75) is 13.3 Å². The van der Waals surface area contributed by atoms with Gasteiger partial charge in [-0.3, -0.25) is 0 Å². The first-order valence-corrected chi connectivity index (χ1v) is 4.77. The molecule has 0 radical (unpaired) electrons. The highest BCUT2D eigenvalue weighted by Gasteiger charge is 2.36. The Kier molecular flexibility index (Phi) is 6.15. The van der Waals surface area contributed by atoms with Gasteiger partial charge in [-0.2, -0.15) is 0 Å². The van der Waals surface area contributed by atoms with Crippen LogP contribution in [0.15, 0.2) is 12.2 Å². The summed E-state index contributed by atoms with van der Waals surface area (Å²) in [5, 5.41) is 27.1. The summed E-state index contributed by atoms with van der Waals surface area (Å²) in [6, 6.07) is 0. The van der Waals surface area contributed by atoms with Crippen molar-refractivity contribution in [2.75, 3.05) is 26.4 Å². The van der Waals surface area contributed by atoms with E-state index in [0.29, 0.717) is 6.42 Å². The molecule has 0 aliphatic heterocycles. The molecule has 0 atom stereocenters. The summed E-state index contributed by atoms with van der Waals surface area (Å²) in [5.74, 6) is -0.700. The van der Waals surface area contributed by atoms with Crippen LogP contribution in [-0.2, 0) is 9.53 Å². The zero-order chi connectivity index (χ0) is 11.9. The second-order valence-electron chi connectivity index (χ2n) is 3.37. The van der Waals surface area contributed by atoms with E-state index < -0.39 is 31.2 Å². The van der Waals surface area contributed by atoms with Crippen molar-refractivity contribution < 1.29 is 24.9 Å². The summed E-state index contributed by atoms with van der Waals surface area (Å²) < 4.78 is 4.79. The average Bonchev–Trinajstić information content (AvgIpc) is 2.28. The number of hydrogen-bond acceptors (Lipinski definition) is 5. The van der Waals surface area contributed by atoms with Crippen LogP contribution >= 0.6 is 0 Å². The van der Waals surface area contributed by atoms with Gasteiger partial charge in [-0.15, -0.1) is 0 Å². The first-order valence-electron chi connectivity index (χ1n) is 4.77. The van der Waals surface area contributed by atoms with E-state index >= 15 is 0 Å². The number of hydrogen-bond donors (Lipinski definition) is 3. The molecule has 0 aromatic carbocycles. The second kappa shape index (κ2) is 6.55. The highest BCUT2D eigenvalue weighted by atomic mass is 16.5. The summed E-state index contributed by atoms with van der Waals surface area (Å²) in [6.45, 7) is 3.86. The summed E-state index contributed by atoms with van der Waals surface area (Å²) in [6.07, 6.45) is 0.670. The Hall–Kier alpha value is -0.910. The van der Waals surface area contributed by atoms with Crippen molar-refractivity contribution in [3.63, 3.8) is 0 Å². The molecule has 88 valence electrons. The Morgan fingerprint density at radius 1 is 1.27 bits per heavy atom. The number of esters is 1. The summed E-state index contributed by atoms with van der Waals surface area (Å²) in [5.41, 5.74) is -1.51. The lowest BCUT2D eigenvalue weighted by atomic mass is 9.83. The minimum absolute atomic E-state index is 0.108. The Labute approximate surface area is 89.0 Å². The van der Waals surface area contributed by atoms with Gasteiger partial charge in [-0.25, -0.2) is 4.79 Å². The van der Waals surface area contributed by atoms with Crippen LogP contribution in [-0.4, -0.2) is 47.7 Å². The largest absolute Gasteiger partial charge is 0.462 e. The number of carbonyl (C=O) groups excluding carboxylic acids is 1. The molecule has 0 rings (SSSR count). The predicted molar refractivity (Wildman–Crippen MR) is 54.1 cm³/mol. The van der Waals surface area contributed by atoms with Crippen molar-refractivity contribution in [2.24, 2.45) is 5.41 Å². The van der Waals surface area contributed by atoms with E-state index in [4.69, 9.17) is 20.1 Å². The predicted octanol–water partition coefficient (Wildman–Crippen LogP) is -0.541. The van der Waals surface area contributed by atoms with Crippen molar-refractivity contribution >= 4 is 5.97 Å². The van der Waals surface area contributed by atoms with Gasteiger partial charge in [0.05, 0.1) is 31.8 Å². The quantitative estimate of drug-likeness (QED) is 0.394. The van der Waals surface area contributed by atoms with Gasteiger partial charge in [0.1, 0.15) is 0 Å². The molecule has 0 unspecified atom stereocenters. The maximum Gasteiger partial charge on any atom is 0.334 e. The van der Waals surface area contributed by atoms with Gasteiger partial charge in [0, 0.05) is 5.57 Å². The van der Waals surface area contributed by atoms with Crippen LogP contribution in [0.3, 0.4) is 0 Å². The topological polar surface area (TPSA) is 87.0 Å². The number of rotatable bonds is 7. The minimum atomic E-state index is -1.40. The van der Waals surface area contributed by atoms with Crippen LogP contribution in [0.2, 0.25) is 0 Å². The Balaban J connectivity index is 4.56. The fourth-order valence-corrected chi connectivity index (χ4v) is 0.935. The zero-order valence-corrected chi connectivity index (χ0v) is 8.90. The summed E-state index contributed by atoms with van der Waals surface area (Å²) in [7, 11) is 0. The molecular formula is C10H18O5. The molecule has 0 saturated heterocycles. The van der Waals surface area contributed by atoms with Crippen LogP contribution in [0.25, 0.3) is 0 Å². The standard InChI is InChI=1S/C10H18O5/c1-3-4-15-9(14)8(2)10(5-11,6-12)7-13/h11-13H,2-7H2,1H3. The van der Waals surface area contributed by atoms with Gasteiger partial charge < -0.3 is 20.1 Å². The lowest BCUT2D eigenvalue weighted by Gasteiger charge is -2.28. The van der Waals surface area contributed by atoms with Crippen LogP contribution in [0.1, 0.15) is 13.3 Å². The van der Waals surface area contributed by atoms with Crippen LogP contribution in [0, 0.1) is 5.41 Å². The van der Waals surface area contributed by atoms with Gasteiger partial charge in [-0.1, -0.05) is 13.5 Å². The van der Waals surface area contributed by atoms with E-state index in [1.54, 1.807) is 0 Å². The van der Waals surface area contributed by atoms with E-state index in [1.807, 2.05) is 6.92 Å². The van der Waals surface area contributed by atoms with Gasteiger partial charge in [0.25, 0.3) is 0 Å². The molecule has 0 aliphatic rings. The average molecular weight is 218 g/mol. The Morgan fingerprint density at radius 2 is 1.73 bits per heavy atom. The third kappa shape index (κ3) is 3.30. The van der Waals surface area contributed by atoms with Crippen molar-refractivity contribution in [3.8, 4) is 0 Å². The molecule has 0 aliphatic carbocycles. The van der Waals surface area contributed by atoms with Gasteiger partial charge >= 0.3 is 5.97 Å². The zero-order valence-electron chi connectivity index (χ0n) is 8.90. The number of aliphatic hydroxyl groups excluding tert-OH is 3. The number of aliphatic hydroxyl groups is 3. The lowest BCUT2D eigenvalue weighted by molar-refractivity contribution is -0.142.